The largest absolute Gasteiger partial charge is 0.392 e. The predicted molar refractivity (Wildman–Crippen MR) is 52.5 cm³/mol. The Morgan fingerprint density at radius 3 is 2.23 bits per heavy atom. The zero-order valence-corrected chi connectivity index (χ0v) is 8.95. The van der Waals surface area contributed by atoms with Gasteiger partial charge in [0.25, 0.3) is 0 Å². The molecule has 0 saturated carbocycles. The van der Waals surface area contributed by atoms with E-state index in [1.807, 2.05) is 19.0 Å². The van der Waals surface area contributed by atoms with Gasteiger partial charge in [-0.05, 0) is 20.5 Å². The molecule has 0 spiro atoms. The van der Waals surface area contributed by atoms with Gasteiger partial charge >= 0.3 is 0 Å². The molecule has 0 aliphatic carbocycles. The van der Waals surface area contributed by atoms with Crippen molar-refractivity contribution in [1.29, 1.82) is 0 Å². The van der Waals surface area contributed by atoms with E-state index in [0.29, 0.717) is 19.4 Å². The molecule has 4 nitrogen and oxygen atoms in total. The van der Waals surface area contributed by atoms with Gasteiger partial charge in [0.15, 0.2) is 0 Å². The Labute approximate surface area is 80.1 Å². The molecule has 0 heterocycles. The van der Waals surface area contributed by atoms with E-state index in [0.717, 1.165) is 0 Å². The molecule has 78 valence electrons. The molecule has 0 aromatic carbocycles. The SMILES string of the molecule is CN(C)CC(O)CCC(=O)N(C)C. The Bertz CT molecular complexity index is 158. The highest BCUT2D eigenvalue weighted by molar-refractivity contribution is 5.75. The summed E-state index contributed by atoms with van der Waals surface area (Å²) in [4.78, 5) is 14.6. The van der Waals surface area contributed by atoms with Crippen LogP contribution >= 0.6 is 0 Å². The van der Waals surface area contributed by atoms with E-state index in [1.54, 1.807) is 19.0 Å². The van der Waals surface area contributed by atoms with Crippen molar-refractivity contribution in [3.05, 3.63) is 0 Å². The number of aliphatic hydroxyl groups excluding tert-OH is 1. The van der Waals surface area contributed by atoms with Crippen molar-refractivity contribution < 1.29 is 9.90 Å². The van der Waals surface area contributed by atoms with Gasteiger partial charge in [0.1, 0.15) is 0 Å². The summed E-state index contributed by atoms with van der Waals surface area (Å²) in [5, 5.41) is 9.44. The summed E-state index contributed by atoms with van der Waals surface area (Å²) < 4.78 is 0. The highest BCUT2D eigenvalue weighted by Crippen LogP contribution is 2.00. The van der Waals surface area contributed by atoms with Gasteiger partial charge in [0.05, 0.1) is 6.10 Å². The maximum atomic E-state index is 11.1. The Balaban J connectivity index is 3.58. The molecule has 0 radical (unpaired) electrons. The van der Waals surface area contributed by atoms with Crippen molar-refractivity contribution in [2.75, 3.05) is 34.7 Å². The van der Waals surface area contributed by atoms with E-state index in [2.05, 4.69) is 0 Å². The fourth-order valence-electron chi connectivity index (χ4n) is 1.03. The predicted octanol–water partition coefficient (Wildman–Crippen LogP) is -0.223. The Morgan fingerprint density at radius 1 is 1.31 bits per heavy atom. The molecule has 0 rings (SSSR count). The van der Waals surface area contributed by atoms with Crippen molar-refractivity contribution in [2.24, 2.45) is 0 Å². The molecule has 1 atom stereocenters. The third-order valence-corrected chi connectivity index (χ3v) is 1.77. The normalized spacial score (nSPS) is 13.1. The topological polar surface area (TPSA) is 43.8 Å². The first-order valence-electron chi connectivity index (χ1n) is 4.46. The van der Waals surface area contributed by atoms with Crippen LogP contribution in [0.4, 0.5) is 0 Å². The maximum absolute atomic E-state index is 11.1. The van der Waals surface area contributed by atoms with E-state index in [4.69, 9.17) is 0 Å². The number of hydrogen-bond acceptors (Lipinski definition) is 3. The van der Waals surface area contributed by atoms with E-state index >= 15 is 0 Å². The quantitative estimate of drug-likeness (QED) is 0.648. The molecule has 1 unspecified atom stereocenters. The van der Waals surface area contributed by atoms with Crippen molar-refractivity contribution in [3.8, 4) is 0 Å². The fourth-order valence-corrected chi connectivity index (χ4v) is 1.03. The first kappa shape index (κ1) is 12.4. The Morgan fingerprint density at radius 2 is 1.85 bits per heavy atom. The first-order valence-corrected chi connectivity index (χ1v) is 4.46. The number of hydrogen-bond donors (Lipinski definition) is 1. The summed E-state index contributed by atoms with van der Waals surface area (Å²) in [6.45, 7) is 0.612. The van der Waals surface area contributed by atoms with Crippen LogP contribution < -0.4 is 0 Å². The van der Waals surface area contributed by atoms with Crippen LogP contribution in [0.25, 0.3) is 0 Å². The number of aliphatic hydroxyl groups is 1. The van der Waals surface area contributed by atoms with Crippen LogP contribution in [0.1, 0.15) is 12.8 Å². The van der Waals surface area contributed by atoms with Crippen LogP contribution in [0.5, 0.6) is 0 Å². The second-order valence-corrected chi connectivity index (χ2v) is 3.74. The van der Waals surface area contributed by atoms with Crippen LogP contribution in [0.2, 0.25) is 0 Å². The minimum atomic E-state index is -0.404. The molecule has 0 aliphatic rings. The molecule has 13 heavy (non-hydrogen) atoms. The number of carbonyl (C=O) groups is 1. The first-order chi connectivity index (χ1) is 5.93. The summed E-state index contributed by atoms with van der Waals surface area (Å²) >= 11 is 0. The summed E-state index contributed by atoms with van der Waals surface area (Å²) in [5.74, 6) is 0.0674. The minimum Gasteiger partial charge on any atom is -0.392 e. The van der Waals surface area contributed by atoms with E-state index in [1.165, 1.54) is 0 Å². The standard InChI is InChI=1S/C9H20N2O2/c1-10(2)7-8(12)5-6-9(13)11(3)4/h8,12H,5-7H2,1-4H3. The second-order valence-electron chi connectivity index (χ2n) is 3.74. The second kappa shape index (κ2) is 5.94. The van der Waals surface area contributed by atoms with Crippen molar-refractivity contribution >= 4 is 5.91 Å². The maximum Gasteiger partial charge on any atom is 0.222 e. The Hall–Kier alpha value is -0.610. The molecule has 0 bridgehead atoms. The lowest BCUT2D eigenvalue weighted by Crippen LogP contribution is -2.28. The van der Waals surface area contributed by atoms with Crippen molar-refractivity contribution in [3.63, 3.8) is 0 Å². The molecule has 0 aliphatic heterocycles. The number of nitrogens with zero attached hydrogens (tertiary/aromatic N) is 2. The number of amides is 1. The van der Waals surface area contributed by atoms with E-state index in [-0.39, 0.29) is 5.91 Å². The number of likely N-dealkylation sites (N-methyl/N-ethyl adjacent to an activating group) is 1. The summed E-state index contributed by atoms with van der Waals surface area (Å²) in [5.41, 5.74) is 0. The zero-order valence-electron chi connectivity index (χ0n) is 8.95. The fraction of sp³-hybridized carbons (Fsp3) is 0.889. The van der Waals surface area contributed by atoms with E-state index in [9.17, 15) is 9.90 Å². The third-order valence-electron chi connectivity index (χ3n) is 1.77. The molecule has 1 N–H and O–H groups in total. The average molecular weight is 188 g/mol. The Kier molecular flexibility index (Phi) is 5.66. The molecular formula is C9H20N2O2. The lowest BCUT2D eigenvalue weighted by Gasteiger charge is -2.16. The highest BCUT2D eigenvalue weighted by Gasteiger charge is 2.09. The minimum absolute atomic E-state index is 0.0674. The van der Waals surface area contributed by atoms with Crippen LogP contribution in [0.3, 0.4) is 0 Å². The van der Waals surface area contributed by atoms with Crippen LogP contribution in [0.15, 0.2) is 0 Å². The van der Waals surface area contributed by atoms with Crippen molar-refractivity contribution in [2.45, 2.75) is 18.9 Å². The molecular weight excluding hydrogens is 168 g/mol. The van der Waals surface area contributed by atoms with Crippen molar-refractivity contribution in [1.82, 2.24) is 9.80 Å². The van der Waals surface area contributed by atoms with Gasteiger partial charge in [-0.25, -0.2) is 0 Å². The summed E-state index contributed by atoms with van der Waals surface area (Å²) in [6.07, 6.45) is 0.552. The van der Waals surface area contributed by atoms with Gasteiger partial charge in [0, 0.05) is 27.1 Å². The van der Waals surface area contributed by atoms with Gasteiger partial charge in [-0.15, -0.1) is 0 Å². The van der Waals surface area contributed by atoms with Gasteiger partial charge in [-0.3, -0.25) is 4.79 Å². The van der Waals surface area contributed by atoms with Gasteiger partial charge < -0.3 is 14.9 Å². The monoisotopic (exact) mass is 188 g/mol. The lowest BCUT2D eigenvalue weighted by molar-refractivity contribution is -0.129. The van der Waals surface area contributed by atoms with Crippen LogP contribution in [-0.2, 0) is 4.79 Å². The number of carbonyl (C=O) groups excluding carboxylic acids is 1. The van der Waals surface area contributed by atoms with Crippen LogP contribution in [0, 0.1) is 0 Å². The molecule has 0 saturated heterocycles. The zero-order chi connectivity index (χ0) is 10.4. The molecule has 4 heteroatoms. The van der Waals surface area contributed by atoms with Gasteiger partial charge in [-0.2, -0.15) is 0 Å². The van der Waals surface area contributed by atoms with E-state index < -0.39 is 6.10 Å². The molecule has 1 amide bonds. The highest BCUT2D eigenvalue weighted by atomic mass is 16.3. The van der Waals surface area contributed by atoms with Gasteiger partial charge in [0.2, 0.25) is 5.91 Å². The smallest absolute Gasteiger partial charge is 0.222 e. The van der Waals surface area contributed by atoms with Crippen LogP contribution in [-0.4, -0.2) is 61.7 Å². The lowest BCUT2D eigenvalue weighted by atomic mass is 10.2. The summed E-state index contributed by atoms with van der Waals surface area (Å²) in [7, 11) is 7.25. The molecule has 0 aromatic rings. The van der Waals surface area contributed by atoms with Gasteiger partial charge in [-0.1, -0.05) is 0 Å². The summed E-state index contributed by atoms with van der Waals surface area (Å²) in [6, 6.07) is 0. The molecule has 0 aromatic heterocycles. The average Bonchev–Trinajstić information content (AvgIpc) is 1.98. The molecule has 0 fully saturated rings. The third kappa shape index (κ3) is 6.54. The number of rotatable bonds is 5.